The van der Waals surface area contributed by atoms with E-state index in [1.165, 1.54) is 12.4 Å². The van der Waals surface area contributed by atoms with Gasteiger partial charge in [0, 0.05) is 40.7 Å². The van der Waals surface area contributed by atoms with Gasteiger partial charge in [0.05, 0.1) is 11.1 Å². The number of benzene rings is 2. The number of nitrogens with zero attached hydrogens (tertiary/aromatic N) is 2. The van der Waals surface area contributed by atoms with Gasteiger partial charge in [0.2, 0.25) is 0 Å². The number of hydrogen-bond acceptors (Lipinski definition) is 4. The molecule has 132 valence electrons. The molecule has 0 saturated carbocycles. The van der Waals surface area contributed by atoms with Gasteiger partial charge >= 0.3 is 0 Å². The summed E-state index contributed by atoms with van der Waals surface area (Å²) in [5.74, 6) is -0.327. The van der Waals surface area contributed by atoms with Gasteiger partial charge in [0.1, 0.15) is 0 Å². The first-order valence-electron chi connectivity index (χ1n) is 8.21. The highest BCUT2D eigenvalue weighted by Crippen LogP contribution is 2.22. The first-order chi connectivity index (χ1) is 13.1. The van der Waals surface area contributed by atoms with Gasteiger partial charge in [0.15, 0.2) is 5.82 Å². The minimum atomic E-state index is -0.533. The third-order valence-electron chi connectivity index (χ3n) is 4.15. The van der Waals surface area contributed by atoms with Crippen LogP contribution in [0.15, 0.2) is 67.1 Å². The molecule has 0 aliphatic rings. The number of fused-ring (bicyclic) bond motifs is 1. The summed E-state index contributed by atoms with van der Waals surface area (Å²) in [5.41, 5.74) is 8.25. The molecule has 0 radical (unpaired) electrons. The standard InChI is InChI=1S/C20H15N5O2/c21-18(26)16-11-22-17-7-6-14(8-15(16)17)25-20(27)13-9-23-19(24-10-13)12-4-2-1-3-5-12/h1-11,22H,(H2,21,26)(H,25,27). The average molecular weight is 357 g/mol. The topological polar surface area (TPSA) is 114 Å². The van der Waals surface area contributed by atoms with Crippen LogP contribution in [0.2, 0.25) is 0 Å². The minimum absolute atomic E-state index is 0.332. The van der Waals surface area contributed by atoms with Crippen LogP contribution in [0, 0.1) is 0 Å². The fraction of sp³-hybridized carbons (Fsp3) is 0. The molecule has 2 aromatic heterocycles. The Kier molecular flexibility index (Phi) is 4.10. The maximum atomic E-state index is 12.5. The molecule has 7 heteroatoms. The molecule has 0 fully saturated rings. The zero-order valence-electron chi connectivity index (χ0n) is 14.1. The van der Waals surface area contributed by atoms with Crippen LogP contribution in [0.25, 0.3) is 22.3 Å². The Balaban J connectivity index is 1.56. The van der Waals surface area contributed by atoms with Crippen LogP contribution in [0.5, 0.6) is 0 Å². The van der Waals surface area contributed by atoms with Crippen LogP contribution in [0.3, 0.4) is 0 Å². The largest absolute Gasteiger partial charge is 0.366 e. The summed E-state index contributed by atoms with van der Waals surface area (Å²) in [5, 5.41) is 3.43. The molecule has 2 amide bonds. The fourth-order valence-corrected chi connectivity index (χ4v) is 2.79. The molecule has 0 aliphatic carbocycles. The lowest BCUT2D eigenvalue weighted by molar-refractivity contribution is 0.0999. The first kappa shape index (κ1) is 16.5. The lowest BCUT2D eigenvalue weighted by atomic mass is 10.1. The maximum Gasteiger partial charge on any atom is 0.258 e. The molecule has 4 N–H and O–H groups in total. The van der Waals surface area contributed by atoms with Gasteiger partial charge in [-0.25, -0.2) is 9.97 Å². The molecule has 4 aromatic rings. The minimum Gasteiger partial charge on any atom is -0.366 e. The van der Waals surface area contributed by atoms with E-state index in [2.05, 4.69) is 20.3 Å². The van der Waals surface area contributed by atoms with Crippen molar-refractivity contribution in [2.45, 2.75) is 0 Å². The van der Waals surface area contributed by atoms with E-state index in [1.807, 2.05) is 30.3 Å². The fourth-order valence-electron chi connectivity index (χ4n) is 2.79. The Morgan fingerprint density at radius 3 is 2.44 bits per heavy atom. The summed E-state index contributed by atoms with van der Waals surface area (Å²) in [6.07, 6.45) is 4.51. The van der Waals surface area contributed by atoms with E-state index in [9.17, 15) is 9.59 Å². The van der Waals surface area contributed by atoms with Crippen molar-refractivity contribution in [3.63, 3.8) is 0 Å². The predicted molar refractivity (Wildman–Crippen MR) is 102 cm³/mol. The van der Waals surface area contributed by atoms with E-state index in [4.69, 9.17) is 5.73 Å². The lowest BCUT2D eigenvalue weighted by Gasteiger charge is -2.06. The number of carbonyl (C=O) groups is 2. The van der Waals surface area contributed by atoms with Crippen LogP contribution in [-0.4, -0.2) is 26.8 Å². The summed E-state index contributed by atoms with van der Waals surface area (Å²) >= 11 is 0. The van der Waals surface area contributed by atoms with Crippen LogP contribution in [-0.2, 0) is 0 Å². The highest BCUT2D eigenvalue weighted by Gasteiger charge is 2.12. The lowest BCUT2D eigenvalue weighted by Crippen LogP contribution is -2.13. The molecule has 27 heavy (non-hydrogen) atoms. The van der Waals surface area contributed by atoms with Gasteiger partial charge in [-0.15, -0.1) is 0 Å². The molecular formula is C20H15N5O2. The van der Waals surface area contributed by atoms with E-state index in [1.54, 1.807) is 24.4 Å². The van der Waals surface area contributed by atoms with Gasteiger partial charge in [-0.1, -0.05) is 30.3 Å². The number of aromatic amines is 1. The predicted octanol–water partition coefficient (Wildman–Crippen LogP) is 2.98. The first-order valence-corrected chi connectivity index (χ1v) is 8.21. The van der Waals surface area contributed by atoms with E-state index in [0.29, 0.717) is 28.0 Å². The Morgan fingerprint density at radius 2 is 1.74 bits per heavy atom. The highest BCUT2D eigenvalue weighted by atomic mass is 16.2. The average Bonchev–Trinajstić information content (AvgIpc) is 3.12. The van der Waals surface area contributed by atoms with Crippen molar-refractivity contribution in [3.8, 4) is 11.4 Å². The molecular weight excluding hydrogens is 342 g/mol. The van der Waals surface area contributed by atoms with Crippen molar-refractivity contribution in [1.29, 1.82) is 0 Å². The Bertz CT molecular complexity index is 1130. The maximum absolute atomic E-state index is 12.5. The van der Waals surface area contributed by atoms with E-state index in [0.717, 1.165) is 11.1 Å². The van der Waals surface area contributed by atoms with Gasteiger partial charge in [-0.2, -0.15) is 0 Å². The number of hydrogen-bond donors (Lipinski definition) is 3. The third kappa shape index (κ3) is 3.25. The second-order valence-corrected chi connectivity index (χ2v) is 5.94. The number of nitrogens with two attached hydrogens (primary N) is 1. The Hall–Kier alpha value is -4.00. The number of nitrogens with one attached hydrogen (secondary N) is 2. The molecule has 7 nitrogen and oxygen atoms in total. The van der Waals surface area contributed by atoms with Crippen molar-refractivity contribution in [1.82, 2.24) is 15.0 Å². The molecule has 0 saturated heterocycles. The van der Waals surface area contributed by atoms with Crippen molar-refractivity contribution >= 4 is 28.4 Å². The van der Waals surface area contributed by atoms with Crippen LogP contribution >= 0.6 is 0 Å². The second-order valence-electron chi connectivity index (χ2n) is 5.94. The third-order valence-corrected chi connectivity index (χ3v) is 4.15. The Morgan fingerprint density at radius 1 is 1.00 bits per heavy atom. The molecule has 0 aliphatic heterocycles. The van der Waals surface area contributed by atoms with Crippen molar-refractivity contribution < 1.29 is 9.59 Å². The number of anilines is 1. The SMILES string of the molecule is NC(=O)c1c[nH]c2ccc(NC(=O)c3cnc(-c4ccccc4)nc3)cc12. The summed E-state index contributed by atoms with van der Waals surface area (Å²) in [6, 6.07) is 14.7. The second kappa shape index (κ2) is 6.72. The Labute approximate surface area is 154 Å². The highest BCUT2D eigenvalue weighted by molar-refractivity contribution is 6.09. The summed E-state index contributed by atoms with van der Waals surface area (Å²) in [6.45, 7) is 0. The zero-order valence-corrected chi connectivity index (χ0v) is 14.1. The smallest absolute Gasteiger partial charge is 0.258 e. The number of primary amides is 1. The summed E-state index contributed by atoms with van der Waals surface area (Å²) in [4.78, 5) is 35.4. The zero-order chi connectivity index (χ0) is 18.8. The molecule has 2 aromatic carbocycles. The van der Waals surface area contributed by atoms with Crippen molar-refractivity contribution in [2.24, 2.45) is 5.73 Å². The van der Waals surface area contributed by atoms with Crippen LogP contribution in [0.4, 0.5) is 5.69 Å². The molecule has 0 spiro atoms. The van der Waals surface area contributed by atoms with Gasteiger partial charge in [-0.3, -0.25) is 9.59 Å². The van der Waals surface area contributed by atoms with Gasteiger partial charge in [-0.05, 0) is 18.2 Å². The molecule has 0 unspecified atom stereocenters. The van der Waals surface area contributed by atoms with E-state index >= 15 is 0 Å². The van der Waals surface area contributed by atoms with Crippen LogP contribution < -0.4 is 11.1 Å². The molecule has 0 bridgehead atoms. The van der Waals surface area contributed by atoms with Gasteiger partial charge in [0.25, 0.3) is 11.8 Å². The molecule has 2 heterocycles. The van der Waals surface area contributed by atoms with Crippen LogP contribution in [0.1, 0.15) is 20.7 Å². The normalized spacial score (nSPS) is 10.7. The number of H-pyrrole nitrogens is 1. The number of amides is 2. The molecule has 4 rings (SSSR count). The van der Waals surface area contributed by atoms with Crippen molar-refractivity contribution in [2.75, 3.05) is 5.32 Å². The summed E-state index contributed by atoms with van der Waals surface area (Å²) < 4.78 is 0. The van der Waals surface area contributed by atoms with E-state index in [-0.39, 0.29) is 5.91 Å². The van der Waals surface area contributed by atoms with Gasteiger partial charge < -0.3 is 16.0 Å². The quantitative estimate of drug-likeness (QED) is 0.521. The monoisotopic (exact) mass is 357 g/mol. The van der Waals surface area contributed by atoms with Crippen molar-refractivity contribution in [3.05, 3.63) is 78.2 Å². The van der Waals surface area contributed by atoms with E-state index < -0.39 is 5.91 Å². The number of rotatable bonds is 4. The molecule has 0 atom stereocenters. The number of aromatic nitrogens is 3. The summed E-state index contributed by atoms with van der Waals surface area (Å²) in [7, 11) is 0. The number of carbonyl (C=O) groups excluding carboxylic acids is 2.